The van der Waals surface area contributed by atoms with Crippen molar-refractivity contribution in [3.63, 3.8) is 0 Å². The van der Waals surface area contributed by atoms with Gasteiger partial charge in [0.25, 0.3) is 5.91 Å². The molecule has 0 fully saturated rings. The fourth-order valence-electron chi connectivity index (χ4n) is 2.76. The third kappa shape index (κ3) is 5.94. The van der Waals surface area contributed by atoms with Crippen LogP contribution >= 0.6 is 11.6 Å². The lowest BCUT2D eigenvalue weighted by Crippen LogP contribution is -2.25. The van der Waals surface area contributed by atoms with Gasteiger partial charge >= 0.3 is 5.97 Å². The zero-order valence-corrected chi connectivity index (χ0v) is 18.0. The van der Waals surface area contributed by atoms with Crippen LogP contribution in [-0.2, 0) is 4.79 Å². The third-order valence-corrected chi connectivity index (χ3v) is 4.65. The number of aliphatic hydroxyl groups is 1. The Hall–Kier alpha value is -3.68. The van der Waals surface area contributed by atoms with Crippen LogP contribution < -0.4 is 14.9 Å². The average Bonchev–Trinajstić information content (AvgIpc) is 2.81. The summed E-state index contributed by atoms with van der Waals surface area (Å²) in [5.74, 6) is -0.729. The van der Waals surface area contributed by atoms with Crippen molar-refractivity contribution in [1.82, 2.24) is 5.43 Å². The largest absolute Gasteiger partial charge is 0.490 e. The third-order valence-electron chi connectivity index (χ3n) is 4.32. The van der Waals surface area contributed by atoms with Crippen LogP contribution in [0.5, 0.6) is 11.5 Å². The number of hydrazone groups is 1. The minimum absolute atomic E-state index is 0.220. The van der Waals surface area contributed by atoms with E-state index in [9.17, 15) is 14.7 Å². The Labute approximate surface area is 190 Å². The lowest BCUT2D eigenvalue weighted by atomic mass is 10.1. The van der Waals surface area contributed by atoms with Gasteiger partial charge in [-0.05, 0) is 48.4 Å². The maximum atomic E-state index is 12.4. The van der Waals surface area contributed by atoms with Crippen LogP contribution in [0.2, 0.25) is 5.02 Å². The number of rotatable bonds is 8. The molecule has 0 radical (unpaired) electrons. The predicted octanol–water partition coefficient (Wildman–Crippen LogP) is 4.14. The normalized spacial score (nSPS) is 11.7. The van der Waals surface area contributed by atoms with Crippen molar-refractivity contribution in [2.45, 2.75) is 13.0 Å². The van der Waals surface area contributed by atoms with E-state index in [1.54, 1.807) is 79.7 Å². The maximum absolute atomic E-state index is 12.4. The summed E-state index contributed by atoms with van der Waals surface area (Å²) >= 11 is 6.05. The molecule has 0 bridgehead atoms. The van der Waals surface area contributed by atoms with Crippen molar-refractivity contribution in [2.24, 2.45) is 5.10 Å². The first-order valence-corrected chi connectivity index (χ1v) is 10.2. The Kier molecular flexibility index (Phi) is 7.96. The highest BCUT2D eigenvalue weighted by molar-refractivity contribution is 6.33. The number of aliphatic hydroxyl groups excluding tert-OH is 1. The first-order chi connectivity index (χ1) is 15.5. The number of amides is 1. The molecule has 2 N–H and O–H groups in total. The second kappa shape index (κ2) is 11.1. The Morgan fingerprint density at radius 1 is 1.06 bits per heavy atom. The van der Waals surface area contributed by atoms with Gasteiger partial charge in [0, 0.05) is 0 Å². The van der Waals surface area contributed by atoms with Crippen molar-refractivity contribution in [1.29, 1.82) is 0 Å². The summed E-state index contributed by atoms with van der Waals surface area (Å²) in [5.41, 5.74) is 3.58. The molecule has 3 aromatic rings. The highest BCUT2D eigenvalue weighted by atomic mass is 35.5. The van der Waals surface area contributed by atoms with Crippen LogP contribution in [-0.4, -0.2) is 29.8 Å². The first-order valence-electron chi connectivity index (χ1n) is 9.79. The highest BCUT2D eigenvalue weighted by Gasteiger charge is 2.17. The number of nitrogens with one attached hydrogen (secondary N) is 1. The van der Waals surface area contributed by atoms with Crippen LogP contribution in [0.15, 0.2) is 77.9 Å². The number of halogens is 1. The van der Waals surface area contributed by atoms with E-state index in [0.29, 0.717) is 23.5 Å². The second-order valence-corrected chi connectivity index (χ2v) is 6.96. The molecule has 32 heavy (non-hydrogen) atoms. The van der Waals surface area contributed by atoms with Gasteiger partial charge in [-0.2, -0.15) is 5.10 Å². The summed E-state index contributed by atoms with van der Waals surface area (Å²) in [6.07, 6.45) is 0.0524. The van der Waals surface area contributed by atoms with Gasteiger partial charge in [-0.15, -0.1) is 0 Å². The van der Waals surface area contributed by atoms with E-state index in [2.05, 4.69) is 10.5 Å². The van der Waals surface area contributed by atoms with Gasteiger partial charge < -0.3 is 14.6 Å². The molecule has 8 heteroatoms. The zero-order chi connectivity index (χ0) is 22.9. The standard InChI is InChI=1S/C24H21ClN2O5/c1-2-31-21-14-16(15-26-27-23(29)22(28)17-8-4-3-5-9-17)12-13-20(21)32-24(30)18-10-6-7-11-19(18)25/h3-15,22,28H,2H2,1H3,(H,27,29). The summed E-state index contributed by atoms with van der Waals surface area (Å²) in [5, 5.41) is 14.2. The minimum Gasteiger partial charge on any atom is -0.490 e. The molecule has 0 aliphatic heterocycles. The van der Waals surface area contributed by atoms with Crippen LogP contribution in [0.4, 0.5) is 0 Å². The van der Waals surface area contributed by atoms with Gasteiger partial charge in [0.05, 0.1) is 23.4 Å². The lowest BCUT2D eigenvalue weighted by Gasteiger charge is -2.12. The van der Waals surface area contributed by atoms with Crippen LogP contribution in [0.3, 0.4) is 0 Å². The Balaban J connectivity index is 1.69. The number of carbonyl (C=O) groups excluding carboxylic acids is 2. The zero-order valence-electron chi connectivity index (χ0n) is 17.2. The van der Waals surface area contributed by atoms with Gasteiger partial charge in [0.15, 0.2) is 17.6 Å². The van der Waals surface area contributed by atoms with Crippen molar-refractivity contribution in [2.75, 3.05) is 6.61 Å². The average molecular weight is 453 g/mol. The van der Waals surface area contributed by atoms with E-state index in [1.165, 1.54) is 6.21 Å². The van der Waals surface area contributed by atoms with Gasteiger partial charge in [-0.1, -0.05) is 54.1 Å². The second-order valence-electron chi connectivity index (χ2n) is 6.56. The topological polar surface area (TPSA) is 97.2 Å². The molecule has 3 rings (SSSR count). The summed E-state index contributed by atoms with van der Waals surface area (Å²) in [4.78, 5) is 24.5. The minimum atomic E-state index is -1.33. The van der Waals surface area contributed by atoms with E-state index >= 15 is 0 Å². The van der Waals surface area contributed by atoms with Gasteiger partial charge in [-0.3, -0.25) is 4.79 Å². The number of nitrogens with zero attached hydrogens (tertiary/aromatic N) is 1. The molecular weight excluding hydrogens is 432 g/mol. The fraction of sp³-hybridized carbons (Fsp3) is 0.125. The molecule has 0 saturated heterocycles. The van der Waals surface area contributed by atoms with Crippen molar-refractivity contribution < 1.29 is 24.2 Å². The number of benzene rings is 3. The molecular formula is C24H21ClN2O5. The predicted molar refractivity (Wildman–Crippen MR) is 121 cm³/mol. The Bertz CT molecular complexity index is 1120. The molecule has 1 atom stereocenters. The highest BCUT2D eigenvalue weighted by Crippen LogP contribution is 2.29. The molecule has 1 amide bonds. The first kappa shape index (κ1) is 23.0. The smallest absolute Gasteiger partial charge is 0.345 e. The van der Waals surface area contributed by atoms with Gasteiger partial charge in [-0.25, -0.2) is 10.2 Å². The quantitative estimate of drug-likeness (QED) is 0.232. The number of ether oxygens (including phenoxy) is 2. The van der Waals surface area contributed by atoms with Crippen molar-refractivity contribution >= 4 is 29.7 Å². The number of carbonyl (C=O) groups is 2. The molecule has 0 saturated carbocycles. The monoisotopic (exact) mass is 452 g/mol. The molecule has 0 spiro atoms. The summed E-state index contributed by atoms with van der Waals surface area (Å²) < 4.78 is 11.0. The molecule has 0 aromatic heterocycles. The van der Waals surface area contributed by atoms with E-state index in [1.807, 2.05) is 0 Å². The van der Waals surface area contributed by atoms with E-state index < -0.39 is 18.0 Å². The van der Waals surface area contributed by atoms with Crippen LogP contribution in [0.1, 0.15) is 34.5 Å². The Morgan fingerprint density at radius 2 is 1.78 bits per heavy atom. The van der Waals surface area contributed by atoms with E-state index in [-0.39, 0.29) is 16.3 Å². The molecule has 3 aromatic carbocycles. The number of hydrogen-bond acceptors (Lipinski definition) is 6. The molecule has 0 aliphatic carbocycles. The number of esters is 1. The Morgan fingerprint density at radius 3 is 2.50 bits per heavy atom. The summed E-state index contributed by atoms with van der Waals surface area (Å²) in [7, 11) is 0. The molecule has 0 aliphatic rings. The molecule has 1 unspecified atom stereocenters. The lowest BCUT2D eigenvalue weighted by molar-refractivity contribution is -0.129. The van der Waals surface area contributed by atoms with Crippen LogP contribution in [0.25, 0.3) is 0 Å². The molecule has 164 valence electrons. The SMILES string of the molecule is CCOc1cc(C=NNC(=O)C(O)c2ccccc2)ccc1OC(=O)c1ccccc1Cl. The fourth-order valence-corrected chi connectivity index (χ4v) is 2.97. The van der Waals surface area contributed by atoms with E-state index in [0.717, 1.165) is 0 Å². The summed E-state index contributed by atoms with van der Waals surface area (Å²) in [6.45, 7) is 2.14. The van der Waals surface area contributed by atoms with Gasteiger partial charge in [0.2, 0.25) is 0 Å². The van der Waals surface area contributed by atoms with E-state index in [4.69, 9.17) is 21.1 Å². The van der Waals surface area contributed by atoms with Crippen molar-refractivity contribution in [3.8, 4) is 11.5 Å². The van der Waals surface area contributed by atoms with Crippen LogP contribution in [0, 0.1) is 0 Å². The molecule has 7 nitrogen and oxygen atoms in total. The number of hydrogen-bond donors (Lipinski definition) is 2. The molecule has 0 heterocycles. The van der Waals surface area contributed by atoms with Gasteiger partial charge in [0.1, 0.15) is 0 Å². The maximum Gasteiger partial charge on any atom is 0.345 e. The van der Waals surface area contributed by atoms with Crippen molar-refractivity contribution in [3.05, 3.63) is 94.5 Å². The summed E-state index contributed by atoms with van der Waals surface area (Å²) in [6, 6.07) is 19.9.